The largest absolute Gasteiger partial charge is 0.478 e. The fraction of sp³-hybridized carbons (Fsp3) is 0.0833. The Bertz CT molecular complexity index is 737. The molecule has 22 heavy (non-hydrogen) atoms. The lowest BCUT2D eigenvalue weighted by Gasteiger charge is -2.11. The first-order valence-corrected chi connectivity index (χ1v) is 5.96. The molecule has 0 aliphatic rings. The van der Waals surface area contributed by atoms with Crippen LogP contribution in [0.15, 0.2) is 24.4 Å². The van der Waals surface area contributed by atoms with E-state index in [2.05, 4.69) is 15.3 Å². The molecule has 1 aromatic carbocycles. The number of nitrogens with one attached hydrogen (secondary N) is 1. The number of rotatable bonds is 3. The number of benzene rings is 1. The summed E-state index contributed by atoms with van der Waals surface area (Å²) in [6.07, 6.45) is -4.50. The summed E-state index contributed by atoms with van der Waals surface area (Å²) in [6, 6.07) is 3.43. The predicted molar refractivity (Wildman–Crippen MR) is 68.7 cm³/mol. The summed E-state index contributed by atoms with van der Waals surface area (Å²) in [5.74, 6) is -3.25. The van der Waals surface area contributed by atoms with E-state index in [1.165, 1.54) is 12.1 Å². The summed E-state index contributed by atoms with van der Waals surface area (Å²) in [7, 11) is 0. The first kappa shape index (κ1) is 16.0. The number of carboxylic acids is 1. The van der Waals surface area contributed by atoms with Gasteiger partial charge in [-0.25, -0.2) is 19.2 Å². The molecule has 0 spiro atoms. The van der Waals surface area contributed by atoms with Crippen LogP contribution >= 0.6 is 11.6 Å². The molecular formula is C12H6ClF4N3O2. The highest BCUT2D eigenvalue weighted by molar-refractivity contribution is 6.30. The number of aromatic nitrogens is 2. The fourth-order valence-electron chi connectivity index (χ4n) is 1.53. The van der Waals surface area contributed by atoms with Crippen LogP contribution in [0.1, 0.15) is 16.1 Å². The molecule has 10 heteroatoms. The van der Waals surface area contributed by atoms with Crippen LogP contribution < -0.4 is 5.32 Å². The van der Waals surface area contributed by atoms with Gasteiger partial charge in [-0.2, -0.15) is 13.2 Å². The van der Waals surface area contributed by atoms with Crippen molar-refractivity contribution in [2.24, 2.45) is 0 Å². The number of carboxylic acid groups (broad SMARTS) is 1. The molecule has 0 saturated heterocycles. The Hall–Kier alpha value is -2.42. The van der Waals surface area contributed by atoms with E-state index in [0.717, 1.165) is 6.07 Å². The van der Waals surface area contributed by atoms with Gasteiger partial charge >= 0.3 is 12.1 Å². The van der Waals surface area contributed by atoms with Crippen molar-refractivity contribution < 1.29 is 27.5 Å². The van der Waals surface area contributed by atoms with Crippen LogP contribution in [0.2, 0.25) is 5.02 Å². The Morgan fingerprint density at radius 3 is 2.55 bits per heavy atom. The van der Waals surface area contributed by atoms with Crippen LogP contribution in [0, 0.1) is 5.82 Å². The monoisotopic (exact) mass is 335 g/mol. The van der Waals surface area contributed by atoms with E-state index in [-0.39, 0.29) is 10.7 Å². The van der Waals surface area contributed by atoms with Gasteiger partial charge in [0.15, 0.2) is 5.69 Å². The molecule has 2 rings (SSSR count). The second-order valence-electron chi connectivity index (χ2n) is 4.01. The average Bonchev–Trinajstić information content (AvgIpc) is 2.40. The molecule has 1 aromatic heterocycles. The molecular weight excluding hydrogens is 330 g/mol. The molecule has 2 N–H and O–H groups in total. The number of hydrogen-bond acceptors (Lipinski definition) is 4. The summed E-state index contributed by atoms with van der Waals surface area (Å²) < 4.78 is 51.9. The molecule has 0 amide bonds. The third kappa shape index (κ3) is 3.42. The first-order chi connectivity index (χ1) is 10.2. The number of anilines is 2. The van der Waals surface area contributed by atoms with Gasteiger partial charge in [0.2, 0.25) is 5.95 Å². The van der Waals surface area contributed by atoms with E-state index >= 15 is 0 Å². The molecule has 0 atom stereocenters. The predicted octanol–water partition coefficient (Wildman–Crippen LogP) is 3.73. The van der Waals surface area contributed by atoms with E-state index in [9.17, 15) is 22.4 Å². The highest BCUT2D eigenvalue weighted by Gasteiger charge is 2.38. The van der Waals surface area contributed by atoms with E-state index in [1.54, 1.807) is 0 Å². The maximum absolute atomic E-state index is 13.6. The van der Waals surface area contributed by atoms with Gasteiger partial charge in [0, 0.05) is 11.2 Å². The van der Waals surface area contributed by atoms with Crippen LogP contribution in [0.5, 0.6) is 0 Å². The van der Waals surface area contributed by atoms with Crippen LogP contribution in [0.25, 0.3) is 0 Å². The van der Waals surface area contributed by atoms with E-state index in [1.807, 2.05) is 0 Å². The van der Waals surface area contributed by atoms with Gasteiger partial charge < -0.3 is 10.4 Å². The lowest BCUT2D eigenvalue weighted by Crippen LogP contribution is -2.17. The molecule has 0 saturated carbocycles. The molecule has 0 aliphatic carbocycles. The van der Waals surface area contributed by atoms with E-state index < -0.39 is 35.2 Å². The minimum Gasteiger partial charge on any atom is -0.478 e. The Morgan fingerprint density at radius 1 is 1.32 bits per heavy atom. The second-order valence-corrected chi connectivity index (χ2v) is 4.44. The van der Waals surface area contributed by atoms with Crippen molar-refractivity contribution in [3.05, 3.63) is 46.5 Å². The lowest BCUT2D eigenvalue weighted by atomic mass is 10.2. The third-order valence-electron chi connectivity index (χ3n) is 2.47. The standard InChI is InChI=1S/C12H6ClF4N3O2/c13-5-1-2-8(7(14)3-5)19-11-18-4-6(10(21)22)9(20-11)12(15,16)17/h1-4H,(H,21,22)(H,18,19,20). The second kappa shape index (κ2) is 5.76. The molecule has 0 unspecified atom stereocenters. The van der Waals surface area contributed by atoms with E-state index in [4.69, 9.17) is 16.7 Å². The highest BCUT2D eigenvalue weighted by atomic mass is 35.5. The van der Waals surface area contributed by atoms with Crippen molar-refractivity contribution in [2.45, 2.75) is 6.18 Å². The quantitative estimate of drug-likeness (QED) is 0.836. The molecule has 2 aromatic rings. The minimum absolute atomic E-state index is 0.0983. The average molecular weight is 336 g/mol. The summed E-state index contributed by atoms with van der Waals surface area (Å²) in [6.45, 7) is 0. The maximum Gasteiger partial charge on any atom is 0.434 e. The number of alkyl halides is 3. The SMILES string of the molecule is O=C(O)c1cnc(Nc2ccc(Cl)cc2F)nc1C(F)(F)F. The number of hydrogen-bond donors (Lipinski definition) is 2. The van der Waals surface area contributed by atoms with Crippen molar-refractivity contribution in [1.29, 1.82) is 0 Å². The van der Waals surface area contributed by atoms with Crippen molar-refractivity contribution in [1.82, 2.24) is 9.97 Å². The molecule has 116 valence electrons. The van der Waals surface area contributed by atoms with Gasteiger partial charge in [-0.15, -0.1) is 0 Å². The fourth-order valence-corrected chi connectivity index (χ4v) is 1.68. The smallest absolute Gasteiger partial charge is 0.434 e. The summed E-state index contributed by atoms with van der Waals surface area (Å²) in [5.41, 5.74) is -2.94. The molecule has 0 radical (unpaired) electrons. The Morgan fingerprint density at radius 2 is 2.00 bits per heavy atom. The number of aromatic carboxylic acids is 1. The molecule has 0 bridgehead atoms. The minimum atomic E-state index is -4.99. The topological polar surface area (TPSA) is 75.1 Å². The van der Waals surface area contributed by atoms with Crippen LogP contribution in [-0.4, -0.2) is 21.0 Å². The van der Waals surface area contributed by atoms with Gasteiger partial charge in [0.25, 0.3) is 0 Å². The summed E-state index contributed by atoms with van der Waals surface area (Å²) >= 11 is 5.55. The van der Waals surface area contributed by atoms with Gasteiger partial charge in [0.05, 0.1) is 5.69 Å². The Kier molecular flexibility index (Phi) is 4.18. The normalized spacial score (nSPS) is 11.3. The molecule has 1 heterocycles. The first-order valence-electron chi connectivity index (χ1n) is 5.58. The maximum atomic E-state index is 13.6. The van der Waals surface area contributed by atoms with Crippen LogP contribution in [0.3, 0.4) is 0 Å². The van der Waals surface area contributed by atoms with Gasteiger partial charge in [-0.05, 0) is 18.2 Å². The van der Waals surface area contributed by atoms with Crippen molar-refractivity contribution >= 4 is 29.2 Å². The zero-order valence-corrected chi connectivity index (χ0v) is 11.2. The van der Waals surface area contributed by atoms with Crippen molar-refractivity contribution in [2.75, 3.05) is 5.32 Å². The number of carbonyl (C=O) groups is 1. The zero-order chi connectivity index (χ0) is 16.5. The lowest BCUT2D eigenvalue weighted by molar-refractivity contribution is -0.141. The van der Waals surface area contributed by atoms with Crippen molar-refractivity contribution in [3.8, 4) is 0 Å². The van der Waals surface area contributed by atoms with Crippen LogP contribution in [0.4, 0.5) is 29.2 Å². The summed E-state index contributed by atoms with van der Waals surface area (Å²) in [5, 5.41) is 11.0. The van der Waals surface area contributed by atoms with Gasteiger partial charge in [0.1, 0.15) is 11.4 Å². The number of halogens is 5. The van der Waals surface area contributed by atoms with Crippen LogP contribution in [-0.2, 0) is 6.18 Å². The Balaban J connectivity index is 2.43. The molecule has 5 nitrogen and oxygen atoms in total. The van der Waals surface area contributed by atoms with Crippen molar-refractivity contribution in [3.63, 3.8) is 0 Å². The zero-order valence-electron chi connectivity index (χ0n) is 10.4. The third-order valence-corrected chi connectivity index (χ3v) is 2.70. The van der Waals surface area contributed by atoms with E-state index in [0.29, 0.717) is 6.20 Å². The van der Waals surface area contributed by atoms with Gasteiger partial charge in [-0.1, -0.05) is 11.6 Å². The summed E-state index contributed by atoms with van der Waals surface area (Å²) in [4.78, 5) is 17.3. The van der Waals surface area contributed by atoms with Gasteiger partial charge in [-0.3, -0.25) is 0 Å². The Labute approximate surface area is 125 Å². The highest BCUT2D eigenvalue weighted by Crippen LogP contribution is 2.31. The number of nitrogens with zero attached hydrogens (tertiary/aromatic N) is 2. The molecule has 0 fully saturated rings. The molecule has 0 aliphatic heterocycles.